The molecule has 1 saturated heterocycles. The van der Waals surface area contributed by atoms with Gasteiger partial charge in [-0.15, -0.1) is 0 Å². The van der Waals surface area contributed by atoms with Crippen LogP contribution in [0, 0.1) is 0 Å². The predicted octanol–water partition coefficient (Wildman–Crippen LogP) is 8.63. The van der Waals surface area contributed by atoms with Gasteiger partial charge >= 0.3 is 0 Å². The van der Waals surface area contributed by atoms with Crippen LogP contribution in [0.1, 0.15) is 115 Å². The van der Waals surface area contributed by atoms with Gasteiger partial charge in [-0.05, 0) is 43.7 Å². The fraction of sp³-hybridized carbons (Fsp3) is 0.731. The van der Waals surface area contributed by atoms with Crippen molar-refractivity contribution in [2.45, 2.75) is 116 Å². The fourth-order valence-corrected chi connectivity index (χ4v) is 4.93. The van der Waals surface area contributed by atoms with Crippen LogP contribution in [0.5, 0.6) is 0 Å². The molecule has 1 aliphatic rings. The quantitative estimate of drug-likeness (QED) is 0.279. The van der Waals surface area contributed by atoms with Gasteiger partial charge in [-0.2, -0.15) is 5.10 Å². The molecule has 30 heavy (non-hydrogen) atoms. The Kier molecular flexibility index (Phi) is 10.5. The number of hydrogen-bond donors (Lipinski definition) is 0. The van der Waals surface area contributed by atoms with E-state index in [0.29, 0.717) is 0 Å². The molecule has 0 spiro atoms. The molecular weight excluding hydrogens is 392 g/mol. The third-order valence-electron chi connectivity index (χ3n) is 6.52. The molecule has 168 valence electrons. The average molecular weight is 433 g/mol. The van der Waals surface area contributed by atoms with Crippen LogP contribution in [0.3, 0.4) is 0 Å². The predicted molar refractivity (Wildman–Crippen MR) is 128 cm³/mol. The number of benzene rings is 1. The summed E-state index contributed by atoms with van der Waals surface area (Å²) in [6, 6.07) is 4.38. The standard InChI is InChI=1S/C26H41ClN2O/c1-2-3-4-5-6-7-8-9-10-11-12-13-16-22-18-19-24-23(26(22)27)21-28-29(24)25-17-14-15-20-30-25/h18-19,21,25H,2-17,20H2,1H3. The van der Waals surface area contributed by atoms with Gasteiger partial charge < -0.3 is 4.74 Å². The highest BCUT2D eigenvalue weighted by molar-refractivity contribution is 6.36. The summed E-state index contributed by atoms with van der Waals surface area (Å²) in [5.74, 6) is 0. The minimum atomic E-state index is 0.0644. The summed E-state index contributed by atoms with van der Waals surface area (Å²) in [7, 11) is 0. The number of fused-ring (bicyclic) bond motifs is 1. The average Bonchev–Trinajstić information content (AvgIpc) is 3.21. The monoisotopic (exact) mass is 432 g/mol. The molecular formula is C26H41ClN2O. The number of rotatable bonds is 14. The molecule has 0 radical (unpaired) electrons. The minimum Gasteiger partial charge on any atom is -0.356 e. The number of aryl methyl sites for hydroxylation is 1. The number of nitrogens with zero attached hydrogens (tertiary/aromatic N) is 2. The second-order valence-corrected chi connectivity index (χ2v) is 9.40. The molecule has 4 heteroatoms. The molecule has 1 atom stereocenters. The largest absolute Gasteiger partial charge is 0.356 e. The van der Waals surface area contributed by atoms with Crippen LogP contribution < -0.4 is 0 Å². The van der Waals surface area contributed by atoms with Crippen molar-refractivity contribution in [1.82, 2.24) is 9.78 Å². The normalized spacial score (nSPS) is 17.1. The van der Waals surface area contributed by atoms with Crippen LogP contribution in [0.4, 0.5) is 0 Å². The maximum Gasteiger partial charge on any atom is 0.150 e. The van der Waals surface area contributed by atoms with E-state index in [1.807, 2.05) is 10.9 Å². The van der Waals surface area contributed by atoms with Crippen molar-refractivity contribution in [2.75, 3.05) is 6.61 Å². The van der Waals surface area contributed by atoms with Gasteiger partial charge in [0.1, 0.15) is 0 Å². The molecule has 1 fully saturated rings. The molecule has 0 saturated carbocycles. The molecule has 1 aromatic heterocycles. The van der Waals surface area contributed by atoms with Gasteiger partial charge in [0.25, 0.3) is 0 Å². The van der Waals surface area contributed by atoms with Crippen molar-refractivity contribution in [3.63, 3.8) is 0 Å². The summed E-state index contributed by atoms with van der Waals surface area (Å²) in [6.45, 7) is 3.12. The molecule has 3 rings (SSSR count). The first-order chi connectivity index (χ1) is 14.8. The number of hydrogen-bond acceptors (Lipinski definition) is 2. The van der Waals surface area contributed by atoms with Gasteiger partial charge in [-0.1, -0.05) is 95.2 Å². The Hall–Kier alpha value is -1.06. The molecule has 1 unspecified atom stereocenters. The topological polar surface area (TPSA) is 27.1 Å². The van der Waals surface area contributed by atoms with E-state index in [2.05, 4.69) is 24.2 Å². The first kappa shape index (κ1) is 23.6. The third kappa shape index (κ3) is 6.99. The maximum atomic E-state index is 6.74. The number of ether oxygens (including phenoxy) is 1. The second kappa shape index (κ2) is 13.4. The lowest BCUT2D eigenvalue weighted by molar-refractivity contribution is -0.0366. The first-order valence-corrected chi connectivity index (χ1v) is 12.9. The van der Waals surface area contributed by atoms with E-state index in [1.165, 1.54) is 89.0 Å². The highest BCUT2D eigenvalue weighted by Crippen LogP contribution is 2.32. The van der Waals surface area contributed by atoms with Crippen LogP contribution in [0.15, 0.2) is 18.3 Å². The number of unbranched alkanes of at least 4 members (excludes halogenated alkanes) is 11. The smallest absolute Gasteiger partial charge is 0.150 e. The summed E-state index contributed by atoms with van der Waals surface area (Å²) in [6.07, 6.45) is 23.0. The highest BCUT2D eigenvalue weighted by Gasteiger charge is 2.19. The fourth-order valence-electron chi connectivity index (χ4n) is 4.63. The highest BCUT2D eigenvalue weighted by atomic mass is 35.5. The van der Waals surface area contributed by atoms with Gasteiger partial charge in [0.2, 0.25) is 0 Å². The lowest BCUT2D eigenvalue weighted by Crippen LogP contribution is -2.18. The zero-order valence-electron chi connectivity index (χ0n) is 19.0. The first-order valence-electron chi connectivity index (χ1n) is 12.6. The van der Waals surface area contributed by atoms with Crippen LogP contribution in [-0.2, 0) is 11.2 Å². The zero-order valence-corrected chi connectivity index (χ0v) is 19.8. The summed E-state index contributed by atoms with van der Waals surface area (Å²) in [5, 5.41) is 6.55. The Morgan fingerprint density at radius 3 is 2.23 bits per heavy atom. The van der Waals surface area contributed by atoms with Crippen LogP contribution >= 0.6 is 11.6 Å². The summed E-state index contributed by atoms with van der Waals surface area (Å²) < 4.78 is 7.93. The van der Waals surface area contributed by atoms with E-state index in [0.717, 1.165) is 41.8 Å². The number of aromatic nitrogens is 2. The molecule has 0 N–H and O–H groups in total. The van der Waals surface area contributed by atoms with Gasteiger partial charge in [0.05, 0.1) is 16.7 Å². The number of halogens is 1. The molecule has 2 heterocycles. The Labute approximate surface area is 188 Å². The lowest BCUT2D eigenvalue weighted by Gasteiger charge is -2.23. The molecule has 0 amide bonds. The van der Waals surface area contributed by atoms with E-state index in [9.17, 15) is 0 Å². The second-order valence-electron chi connectivity index (χ2n) is 9.02. The van der Waals surface area contributed by atoms with E-state index >= 15 is 0 Å². The van der Waals surface area contributed by atoms with Crippen molar-refractivity contribution < 1.29 is 4.74 Å². The Morgan fingerprint density at radius 1 is 0.933 bits per heavy atom. The summed E-state index contributed by atoms with van der Waals surface area (Å²) >= 11 is 6.74. The molecule has 3 nitrogen and oxygen atoms in total. The maximum absolute atomic E-state index is 6.74. The SMILES string of the molecule is CCCCCCCCCCCCCCc1ccc2c(cnn2C2CCCCO2)c1Cl. The molecule has 0 aliphatic carbocycles. The molecule has 1 aliphatic heterocycles. The van der Waals surface area contributed by atoms with Crippen molar-refractivity contribution in [1.29, 1.82) is 0 Å². The zero-order chi connectivity index (χ0) is 21.0. The molecule has 0 bridgehead atoms. The minimum absolute atomic E-state index is 0.0644. The third-order valence-corrected chi connectivity index (χ3v) is 6.97. The summed E-state index contributed by atoms with van der Waals surface area (Å²) in [5.41, 5.74) is 2.37. The van der Waals surface area contributed by atoms with E-state index in [-0.39, 0.29) is 6.23 Å². The van der Waals surface area contributed by atoms with Gasteiger partial charge in [-0.3, -0.25) is 0 Å². The van der Waals surface area contributed by atoms with Crippen LogP contribution in [-0.4, -0.2) is 16.4 Å². The Balaban J connectivity index is 1.34. The Morgan fingerprint density at radius 2 is 1.60 bits per heavy atom. The molecule has 2 aromatic rings. The van der Waals surface area contributed by atoms with Crippen molar-refractivity contribution in [2.24, 2.45) is 0 Å². The van der Waals surface area contributed by atoms with Crippen molar-refractivity contribution in [3.8, 4) is 0 Å². The van der Waals surface area contributed by atoms with Gasteiger partial charge in [0, 0.05) is 12.0 Å². The van der Waals surface area contributed by atoms with E-state index in [4.69, 9.17) is 16.3 Å². The summed E-state index contributed by atoms with van der Waals surface area (Å²) in [4.78, 5) is 0. The van der Waals surface area contributed by atoms with Crippen LogP contribution in [0.25, 0.3) is 10.9 Å². The van der Waals surface area contributed by atoms with Gasteiger partial charge in [-0.25, -0.2) is 4.68 Å². The Bertz CT molecular complexity index is 736. The van der Waals surface area contributed by atoms with E-state index < -0.39 is 0 Å². The van der Waals surface area contributed by atoms with Crippen molar-refractivity contribution >= 4 is 22.5 Å². The van der Waals surface area contributed by atoms with E-state index in [1.54, 1.807) is 0 Å². The van der Waals surface area contributed by atoms with Crippen LogP contribution in [0.2, 0.25) is 5.02 Å². The lowest BCUT2D eigenvalue weighted by atomic mass is 10.0. The molecule has 1 aromatic carbocycles. The van der Waals surface area contributed by atoms with Gasteiger partial charge in [0.15, 0.2) is 6.23 Å². The van der Waals surface area contributed by atoms with Crippen molar-refractivity contribution in [3.05, 3.63) is 28.9 Å².